The molecule has 1 N–H and O–H groups in total. The minimum absolute atomic E-state index is 0.0722. The number of benzene rings is 2. The van der Waals surface area contributed by atoms with Crippen LogP contribution in [0.25, 0.3) is 0 Å². The fraction of sp³-hybridized carbons (Fsp3) is 0.350. The van der Waals surface area contributed by atoms with E-state index >= 15 is 0 Å². The molecule has 0 saturated carbocycles. The van der Waals surface area contributed by atoms with Gasteiger partial charge >= 0.3 is 0 Å². The van der Waals surface area contributed by atoms with Crippen LogP contribution in [0.5, 0.6) is 11.5 Å². The smallest absolute Gasteiger partial charge is 0.224 e. The number of nitrogens with one attached hydrogen (secondary N) is 1. The second-order valence-electron chi connectivity index (χ2n) is 5.94. The molecular weight excluding hydrogens is 352 g/mol. The Hall–Kier alpha value is -2.40. The van der Waals surface area contributed by atoms with Crippen LogP contribution in [0, 0.1) is 0 Å². The molecule has 0 unspecified atom stereocenters. The molecule has 0 fully saturated rings. The maximum Gasteiger partial charge on any atom is 0.224 e. The Balaban J connectivity index is 1.84. The molecule has 26 heavy (non-hydrogen) atoms. The number of carbonyl (C=O) groups is 1. The zero-order valence-corrected chi connectivity index (χ0v) is 16.2. The summed E-state index contributed by atoms with van der Waals surface area (Å²) < 4.78 is 11.3. The maximum absolute atomic E-state index is 12.2. The molecule has 0 bridgehead atoms. The summed E-state index contributed by atoms with van der Waals surface area (Å²) in [4.78, 5) is 14.2. The van der Waals surface area contributed by atoms with Gasteiger partial charge in [-0.15, -0.1) is 0 Å². The highest BCUT2D eigenvalue weighted by molar-refractivity contribution is 6.31. The molecule has 0 heterocycles. The summed E-state index contributed by atoms with van der Waals surface area (Å²) in [5, 5.41) is 3.50. The fourth-order valence-electron chi connectivity index (χ4n) is 2.47. The highest BCUT2D eigenvalue weighted by Crippen LogP contribution is 2.28. The minimum Gasteiger partial charge on any atom is -0.490 e. The third kappa shape index (κ3) is 5.85. The highest BCUT2D eigenvalue weighted by atomic mass is 35.5. The molecule has 6 heteroatoms. The van der Waals surface area contributed by atoms with Crippen LogP contribution in [0.4, 0.5) is 11.4 Å². The van der Waals surface area contributed by atoms with Crippen molar-refractivity contribution in [3.63, 3.8) is 0 Å². The van der Waals surface area contributed by atoms with Crippen LogP contribution >= 0.6 is 11.6 Å². The number of halogens is 1. The average Bonchev–Trinajstić information content (AvgIpc) is 2.60. The first-order valence-corrected chi connectivity index (χ1v) is 9.00. The molecule has 0 spiro atoms. The number of anilines is 2. The zero-order chi connectivity index (χ0) is 18.9. The largest absolute Gasteiger partial charge is 0.490 e. The van der Waals surface area contributed by atoms with Crippen LogP contribution in [0.15, 0.2) is 42.5 Å². The average molecular weight is 377 g/mol. The number of hydrogen-bond acceptors (Lipinski definition) is 4. The highest BCUT2D eigenvalue weighted by Gasteiger charge is 2.10. The summed E-state index contributed by atoms with van der Waals surface area (Å²) >= 11 is 6.04. The molecule has 0 aliphatic carbocycles. The number of ether oxygens (including phenoxy) is 2. The lowest BCUT2D eigenvalue weighted by Crippen LogP contribution is -2.17. The predicted molar refractivity (Wildman–Crippen MR) is 107 cm³/mol. The Morgan fingerprint density at radius 1 is 1.12 bits per heavy atom. The third-order valence-electron chi connectivity index (χ3n) is 3.67. The van der Waals surface area contributed by atoms with Crippen molar-refractivity contribution in [3.05, 3.63) is 47.5 Å². The molecule has 0 aliphatic heterocycles. The lowest BCUT2D eigenvalue weighted by Gasteiger charge is -2.18. The van der Waals surface area contributed by atoms with Crippen LogP contribution in [0.1, 0.15) is 19.8 Å². The van der Waals surface area contributed by atoms with E-state index in [0.717, 1.165) is 5.69 Å². The Morgan fingerprint density at radius 2 is 1.81 bits per heavy atom. The molecule has 0 aliphatic rings. The van der Waals surface area contributed by atoms with Crippen molar-refractivity contribution < 1.29 is 14.3 Å². The van der Waals surface area contributed by atoms with Gasteiger partial charge in [0.25, 0.3) is 0 Å². The van der Waals surface area contributed by atoms with Crippen molar-refractivity contribution in [2.75, 3.05) is 37.5 Å². The monoisotopic (exact) mass is 376 g/mol. The molecule has 0 radical (unpaired) electrons. The van der Waals surface area contributed by atoms with Gasteiger partial charge < -0.3 is 19.7 Å². The molecule has 2 aromatic rings. The first kappa shape index (κ1) is 19.9. The van der Waals surface area contributed by atoms with Gasteiger partial charge in [-0.3, -0.25) is 4.79 Å². The van der Waals surface area contributed by atoms with Crippen LogP contribution in [-0.4, -0.2) is 33.2 Å². The van der Waals surface area contributed by atoms with Crippen LogP contribution in [0.3, 0.4) is 0 Å². The summed E-state index contributed by atoms with van der Waals surface area (Å²) in [6, 6.07) is 13.0. The van der Waals surface area contributed by atoms with Gasteiger partial charge in [-0.25, -0.2) is 0 Å². The second-order valence-corrected chi connectivity index (χ2v) is 6.37. The van der Waals surface area contributed by atoms with E-state index in [0.29, 0.717) is 48.3 Å². The minimum atomic E-state index is -0.0722. The molecule has 5 nitrogen and oxygen atoms in total. The summed E-state index contributed by atoms with van der Waals surface area (Å²) in [7, 11) is 3.84. The fourth-order valence-corrected chi connectivity index (χ4v) is 2.64. The molecule has 140 valence electrons. The summed E-state index contributed by atoms with van der Waals surface area (Å²) in [5.74, 6) is 1.34. The van der Waals surface area contributed by atoms with E-state index in [1.807, 2.05) is 56.3 Å². The van der Waals surface area contributed by atoms with Gasteiger partial charge in [0, 0.05) is 25.5 Å². The van der Waals surface area contributed by atoms with E-state index < -0.39 is 0 Å². The van der Waals surface area contributed by atoms with Crippen molar-refractivity contribution >= 4 is 28.9 Å². The van der Waals surface area contributed by atoms with E-state index in [1.165, 1.54) is 0 Å². The topological polar surface area (TPSA) is 50.8 Å². The molecule has 1 amide bonds. The summed E-state index contributed by atoms with van der Waals surface area (Å²) in [5.41, 5.74) is 1.61. The lowest BCUT2D eigenvalue weighted by molar-refractivity contribution is -0.116. The molecule has 0 saturated heterocycles. The Kier molecular flexibility index (Phi) is 7.60. The molecule has 0 atom stereocenters. The number of amides is 1. The van der Waals surface area contributed by atoms with Crippen LogP contribution < -0.4 is 19.7 Å². The Labute approximate surface area is 159 Å². The van der Waals surface area contributed by atoms with Gasteiger partial charge in [-0.2, -0.15) is 0 Å². The van der Waals surface area contributed by atoms with Gasteiger partial charge in [-0.05, 0) is 43.7 Å². The normalized spacial score (nSPS) is 10.3. The Bertz CT molecular complexity index is 735. The quantitative estimate of drug-likeness (QED) is 0.649. The number of nitrogens with zero attached hydrogens (tertiary/aromatic N) is 1. The van der Waals surface area contributed by atoms with Crippen molar-refractivity contribution in [1.82, 2.24) is 0 Å². The van der Waals surface area contributed by atoms with E-state index in [4.69, 9.17) is 21.1 Å². The van der Waals surface area contributed by atoms with Gasteiger partial charge in [0.05, 0.1) is 24.6 Å². The molecular formula is C20H25ClN2O3. The maximum atomic E-state index is 12.2. The molecule has 2 aromatic carbocycles. The van der Waals surface area contributed by atoms with Crippen molar-refractivity contribution in [1.29, 1.82) is 0 Å². The van der Waals surface area contributed by atoms with Crippen molar-refractivity contribution in [3.8, 4) is 11.5 Å². The first-order valence-electron chi connectivity index (χ1n) is 8.62. The second kappa shape index (κ2) is 9.92. The Morgan fingerprint density at radius 3 is 2.46 bits per heavy atom. The van der Waals surface area contributed by atoms with E-state index in [9.17, 15) is 4.79 Å². The standard InChI is InChI=1S/C20H25ClN2O3/c1-4-25-18-8-5-6-9-19(18)26-13-7-10-20(24)22-16-14-15(21)11-12-17(16)23(2)3/h5-6,8-9,11-12,14H,4,7,10,13H2,1-3H3,(H,22,24). The summed E-state index contributed by atoms with van der Waals surface area (Å²) in [6.07, 6.45) is 0.959. The van der Waals surface area contributed by atoms with Gasteiger partial charge in [0.2, 0.25) is 5.91 Å². The number of rotatable bonds is 9. The first-order chi connectivity index (χ1) is 12.5. The van der Waals surface area contributed by atoms with Crippen LogP contribution in [-0.2, 0) is 4.79 Å². The van der Waals surface area contributed by atoms with E-state index in [2.05, 4.69) is 5.32 Å². The number of carbonyl (C=O) groups excluding carboxylic acids is 1. The van der Waals surface area contributed by atoms with Gasteiger partial charge in [0.15, 0.2) is 11.5 Å². The van der Waals surface area contributed by atoms with Gasteiger partial charge in [0.1, 0.15) is 0 Å². The van der Waals surface area contributed by atoms with Crippen molar-refractivity contribution in [2.45, 2.75) is 19.8 Å². The van der Waals surface area contributed by atoms with Crippen molar-refractivity contribution in [2.24, 2.45) is 0 Å². The lowest BCUT2D eigenvalue weighted by atomic mass is 10.2. The van der Waals surface area contributed by atoms with Crippen LogP contribution in [0.2, 0.25) is 5.02 Å². The third-order valence-corrected chi connectivity index (χ3v) is 3.90. The number of para-hydroxylation sites is 2. The van der Waals surface area contributed by atoms with Gasteiger partial charge in [-0.1, -0.05) is 23.7 Å². The summed E-state index contributed by atoms with van der Waals surface area (Å²) in [6.45, 7) is 2.95. The SMILES string of the molecule is CCOc1ccccc1OCCCC(=O)Nc1cc(Cl)ccc1N(C)C. The van der Waals surface area contributed by atoms with E-state index in [1.54, 1.807) is 12.1 Å². The number of hydrogen-bond donors (Lipinski definition) is 1. The van der Waals surface area contributed by atoms with E-state index in [-0.39, 0.29) is 5.91 Å². The molecule has 0 aromatic heterocycles. The zero-order valence-electron chi connectivity index (χ0n) is 15.4. The molecule has 2 rings (SSSR count). The predicted octanol–water partition coefficient (Wildman–Crippen LogP) is 4.60.